The van der Waals surface area contributed by atoms with Crippen molar-refractivity contribution in [2.75, 3.05) is 0 Å². The first-order valence-corrected chi connectivity index (χ1v) is 7.02. The second kappa shape index (κ2) is 6.50. The Labute approximate surface area is 125 Å². The highest BCUT2D eigenvalue weighted by molar-refractivity contribution is 5.43. The zero-order valence-corrected chi connectivity index (χ0v) is 12.6. The van der Waals surface area contributed by atoms with E-state index in [9.17, 15) is 10.1 Å². The Balaban J connectivity index is 2.10. The van der Waals surface area contributed by atoms with Crippen molar-refractivity contribution in [2.24, 2.45) is 0 Å². The first kappa shape index (κ1) is 15.2. The van der Waals surface area contributed by atoms with Gasteiger partial charge in [0, 0.05) is 24.2 Å². The van der Waals surface area contributed by atoms with Crippen LogP contribution in [0, 0.1) is 24.0 Å². The van der Waals surface area contributed by atoms with Crippen molar-refractivity contribution < 1.29 is 4.92 Å². The van der Waals surface area contributed by atoms with Gasteiger partial charge in [-0.1, -0.05) is 36.4 Å². The van der Waals surface area contributed by atoms with E-state index >= 15 is 0 Å². The summed E-state index contributed by atoms with van der Waals surface area (Å²) in [5.74, 6) is 0. The molecular weight excluding hydrogens is 264 g/mol. The highest BCUT2D eigenvalue weighted by atomic mass is 16.6. The normalized spacial score (nSPS) is 12.1. The molecule has 0 bridgehead atoms. The molecular formula is C17H20N2O2. The summed E-state index contributed by atoms with van der Waals surface area (Å²) in [6, 6.07) is 13.7. The van der Waals surface area contributed by atoms with Gasteiger partial charge >= 0.3 is 0 Å². The van der Waals surface area contributed by atoms with Gasteiger partial charge in [-0.15, -0.1) is 0 Å². The smallest absolute Gasteiger partial charge is 0.272 e. The molecule has 1 atom stereocenters. The van der Waals surface area contributed by atoms with Gasteiger partial charge in [-0.2, -0.15) is 0 Å². The quantitative estimate of drug-likeness (QED) is 0.665. The number of hydrogen-bond donors (Lipinski definition) is 1. The van der Waals surface area contributed by atoms with Crippen LogP contribution >= 0.6 is 0 Å². The van der Waals surface area contributed by atoms with E-state index in [1.54, 1.807) is 19.1 Å². The van der Waals surface area contributed by atoms with Crippen LogP contribution in [0.25, 0.3) is 0 Å². The predicted octanol–water partition coefficient (Wildman–Crippen LogP) is 4.06. The van der Waals surface area contributed by atoms with Gasteiger partial charge in [-0.05, 0) is 37.5 Å². The van der Waals surface area contributed by atoms with Crippen LogP contribution in [0.5, 0.6) is 0 Å². The third kappa shape index (κ3) is 3.67. The molecule has 2 aromatic carbocycles. The van der Waals surface area contributed by atoms with E-state index in [1.165, 1.54) is 11.1 Å². The summed E-state index contributed by atoms with van der Waals surface area (Å²) >= 11 is 0. The van der Waals surface area contributed by atoms with Crippen LogP contribution in [-0.2, 0) is 6.54 Å². The Morgan fingerprint density at radius 3 is 2.52 bits per heavy atom. The zero-order chi connectivity index (χ0) is 15.4. The molecule has 0 heterocycles. The summed E-state index contributed by atoms with van der Waals surface area (Å²) in [5.41, 5.74) is 4.28. The maximum Gasteiger partial charge on any atom is 0.272 e. The molecule has 0 spiro atoms. The van der Waals surface area contributed by atoms with E-state index in [4.69, 9.17) is 0 Å². The molecule has 0 aliphatic rings. The minimum atomic E-state index is -0.326. The fourth-order valence-corrected chi connectivity index (χ4v) is 2.28. The average Bonchev–Trinajstić information content (AvgIpc) is 2.46. The average molecular weight is 284 g/mol. The van der Waals surface area contributed by atoms with Crippen molar-refractivity contribution >= 4 is 5.69 Å². The molecule has 0 saturated carbocycles. The van der Waals surface area contributed by atoms with Gasteiger partial charge in [0.2, 0.25) is 0 Å². The molecule has 1 unspecified atom stereocenters. The molecule has 110 valence electrons. The number of benzene rings is 2. The summed E-state index contributed by atoms with van der Waals surface area (Å²) in [6.45, 7) is 6.61. The van der Waals surface area contributed by atoms with Gasteiger partial charge in [0.15, 0.2) is 0 Å². The summed E-state index contributed by atoms with van der Waals surface area (Å²) in [7, 11) is 0. The molecule has 1 N–H and O–H groups in total. The van der Waals surface area contributed by atoms with E-state index < -0.39 is 0 Å². The largest absolute Gasteiger partial charge is 0.306 e. The Kier molecular flexibility index (Phi) is 4.70. The van der Waals surface area contributed by atoms with Gasteiger partial charge in [0.1, 0.15) is 0 Å². The fraction of sp³-hybridized carbons (Fsp3) is 0.294. The van der Waals surface area contributed by atoms with Crippen LogP contribution in [0.15, 0.2) is 42.5 Å². The number of nitro groups is 1. The van der Waals surface area contributed by atoms with Gasteiger partial charge in [-0.25, -0.2) is 0 Å². The van der Waals surface area contributed by atoms with E-state index in [0.29, 0.717) is 5.56 Å². The molecule has 0 radical (unpaired) electrons. The van der Waals surface area contributed by atoms with Gasteiger partial charge in [0.25, 0.3) is 5.69 Å². The fourth-order valence-electron chi connectivity index (χ4n) is 2.28. The number of hydrogen-bond acceptors (Lipinski definition) is 3. The maximum atomic E-state index is 11.0. The Hall–Kier alpha value is -2.20. The van der Waals surface area contributed by atoms with E-state index in [2.05, 4.69) is 24.4 Å². The lowest BCUT2D eigenvalue weighted by molar-refractivity contribution is -0.385. The standard InChI is InChI=1S/C17H20N2O2/c1-12-6-4-5-7-16(12)11-18-14(3)15-9-8-13(2)17(10-15)19(20)21/h4-10,14,18H,11H2,1-3H3. The Morgan fingerprint density at radius 1 is 1.14 bits per heavy atom. The van der Waals surface area contributed by atoms with Gasteiger partial charge in [0.05, 0.1) is 4.92 Å². The van der Waals surface area contributed by atoms with Crippen LogP contribution < -0.4 is 5.32 Å². The lowest BCUT2D eigenvalue weighted by Gasteiger charge is -2.15. The highest BCUT2D eigenvalue weighted by Gasteiger charge is 2.14. The van der Waals surface area contributed by atoms with Crippen molar-refractivity contribution in [1.29, 1.82) is 0 Å². The summed E-state index contributed by atoms with van der Waals surface area (Å²) < 4.78 is 0. The first-order valence-electron chi connectivity index (χ1n) is 7.02. The molecule has 0 aliphatic heterocycles. The number of nitro benzene ring substituents is 1. The second-order valence-corrected chi connectivity index (χ2v) is 5.33. The molecule has 2 aromatic rings. The van der Waals surface area contributed by atoms with E-state index in [-0.39, 0.29) is 16.7 Å². The maximum absolute atomic E-state index is 11.0. The van der Waals surface area contributed by atoms with Crippen molar-refractivity contribution in [3.8, 4) is 0 Å². The monoisotopic (exact) mass is 284 g/mol. The minimum absolute atomic E-state index is 0.0592. The van der Waals surface area contributed by atoms with Crippen LogP contribution in [0.1, 0.15) is 35.2 Å². The van der Waals surface area contributed by atoms with Crippen molar-refractivity contribution in [2.45, 2.75) is 33.4 Å². The summed E-state index contributed by atoms with van der Waals surface area (Å²) in [5, 5.41) is 14.4. The third-order valence-corrected chi connectivity index (χ3v) is 3.79. The van der Waals surface area contributed by atoms with Crippen molar-refractivity contribution in [3.63, 3.8) is 0 Å². The zero-order valence-electron chi connectivity index (χ0n) is 12.6. The number of rotatable bonds is 5. The SMILES string of the molecule is Cc1ccccc1CNC(C)c1ccc(C)c([N+](=O)[O-])c1. The molecule has 0 amide bonds. The molecule has 0 saturated heterocycles. The highest BCUT2D eigenvalue weighted by Crippen LogP contribution is 2.23. The second-order valence-electron chi connectivity index (χ2n) is 5.33. The summed E-state index contributed by atoms with van der Waals surface area (Å²) in [4.78, 5) is 10.7. The van der Waals surface area contributed by atoms with E-state index in [0.717, 1.165) is 12.1 Å². The lowest BCUT2D eigenvalue weighted by Crippen LogP contribution is -2.18. The van der Waals surface area contributed by atoms with Gasteiger partial charge in [-0.3, -0.25) is 10.1 Å². The minimum Gasteiger partial charge on any atom is -0.306 e. The van der Waals surface area contributed by atoms with E-state index in [1.807, 2.05) is 25.1 Å². The topological polar surface area (TPSA) is 55.2 Å². The lowest BCUT2D eigenvalue weighted by atomic mass is 10.0. The van der Waals surface area contributed by atoms with Crippen LogP contribution in [-0.4, -0.2) is 4.92 Å². The molecule has 4 heteroatoms. The molecule has 0 aliphatic carbocycles. The first-order chi connectivity index (χ1) is 9.99. The summed E-state index contributed by atoms with van der Waals surface area (Å²) in [6.07, 6.45) is 0. The third-order valence-electron chi connectivity index (χ3n) is 3.79. The number of aryl methyl sites for hydroxylation is 2. The van der Waals surface area contributed by atoms with Gasteiger partial charge < -0.3 is 5.32 Å². The molecule has 21 heavy (non-hydrogen) atoms. The predicted molar refractivity (Wildman–Crippen MR) is 84.3 cm³/mol. The molecule has 0 aromatic heterocycles. The Morgan fingerprint density at radius 2 is 1.86 bits per heavy atom. The molecule has 2 rings (SSSR count). The molecule has 4 nitrogen and oxygen atoms in total. The number of nitrogens with zero attached hydrogens (tertiary/aromatic N) is 1. The number of nitrogens with one attached hydrogen (secondary N) is 1. The van der Waals surface area contributed by atoms with Crippen LogP contribution in [0.4, 0.5) is 5.69 Å². The van der Waals surface area contributed by atoms with Crippen molar-refractivity contribution in [1.82, 2.24) is 5.32 Å². The van der Waals surface area contributed by atoms with Crippen LogP contribution in [0.3, 0.4) is 0 Å². The molecule has 0 fully saturated rings. The van der Waals surface area contributed by atoms with Crippen LogP contribution in [0.2, 0.25) is 0 Å². The Bertz CT molecular complexity index is 653. The van der Waals surface area contributed by atoms with Crippen molar-refractivity contribution in [3.05, 3.63) is 74.8 Å².